The highest BCUT2D eigenvalue weighted by Gasteiger charge is 2.15. The van der Waals surface area contributed by atoms with Crippen molar-refractivity contribution in [3.63, 3.8) is 0 Å². The second-order valence-electron chi connectivity index (χ2n) is 6.79. The Balaban J connectivity index is 1.28. The number of carbonyl (C=O) groups is 1. The number of fused-ring (bicyclic) bond motifs is 2. The monoisotopic (exact) mass is 386 g/mol. The third kappa shape index (κ3) is 3.52. The highest BCUT2D eigenvalue weighted by Crippen LogP contribution is 2.34. The zero-order valence-corrected chi connectivity index (χ0v) is 15.6. The number of aromatic nitrogens is 1. The fourth-order valence-corrected chi connectivity index (χ4v) is 3.33. The van der Waals surface area contributed by atoms with Gasteiger partial charge in [0.2, 0.25) is 0 Å². The Morgan fingerprint density at radius 3 is 2.62 bits per heavy atom. The Morgan fingerprint density at radius 2 is 1.72 bits per heavy atom. The summed E-state index contributed by atoms with van der Waals surface area (Å²) in [5.41, 5.74) is 2.09. The molecular formula is C23H18N2O4. The number of ether oxygens (including phenoxy) is 2. The van der Waals surface area contributed by atoms with E-state index in [4.69, 9.17) is 14.0 Å². The van der Waals surface area contributed by atoms with Gasteiger partial charge in [0.15, 0.2) is 17.3 Å². The quantitative estimate of drug-likeness (QED) is 0.569. The lowest BCUT2D eigenvalue weighted by Gasteiger charge is -2.18. The number of nitrogens with zero attached hydrogens (tertiary/aromatic N) is 1. The van der Waals surface area contributed by atoms with Crippen molar-refractivity contribution in [3.05, 3.63) is 78.0 Å². The number of amides is 1. The van der Waals surface area contributed by atoms with Crippen LogP contribution in [0, 0.1) is 0 Å². The minimum atomic E-state index is -0.153. The van der Waals surface area contributed by atoms with Gasteiger partial charge in [0, 0.05) is 17.2 Å². The van der Waals surface area contributed by atoms with Gasteiger partial charge in [-0.15, -0.1) is 0 Å². The van der Waals surface area contributed by atoms with Crippen LogP contribution in [0.15, 0.2) is 71.3 Å². The normalized spacial score (nSPS) is 12.7. The molecule has 144 valence electrons. The van der Waals surface area contributed by atoms with Crippen LogP contribution in [0.2, 0.25) is 0 Å². The molecule has 5 rings (SSSR count). The van der Waals surface area contributed by atoms with Crippen molar-refractivity contribution in [1.29, 1.82) is 0 Å². The molecule has 0 fully saturated rings. The van der Waals surface area contributed by atoms with E-state index in [1.54, 1.807) is 0 Å². The molecule has 1 amide bonds. The van der Waals surface area contributed by atoms with Gasteiger partial charge in [0.25, 0.3) is 5.91 Å². The number of hydrogen-bond acceptors (Lipinski definition) is 5. The minimum absolute atomic E-state index is 0.153. The van der Waals surface area contributed by atoms with E-state index in [0.717, 1.165) is 22.1 Å². The predicted molar refractivity (Wildman–Crippen MR) is 108 cm³/mol. The Bertz CT molecular complexity index is 1200. The summed E-state index contributed by atoms with van der Waals surface area (Å²) in [4.78, 5) is 12.5. The molecule has 1 N–H and O–H groups in total. The molecule has 0 aliphatic carbocycles. The van der Waals surface area contributed by atoms with E-state index in [1.807, 2.05) is 66.7 Å². The molecule has 0 saturated heterocycles. The van der Waals surface area contributed by atoms with Gasteiger partial charge in [0.1, 0.15) is 18.9 Å². The molecule has 29 heavy (non-hydrogen) atoms. The van der Waals surface area contributed by atoms with Crippen molar-refractivity contribution in [2.75, 3.05) is 13.2 Å². The predicted octanol–water partition coefficient (Wildman–Crippen LogP) is 4.20. The number of carbonyl (C=O) groups excluding carboxylic acids is 1. The van der Waals surface area contributed by atoms with Crippen LogP contribution in [0.1, 0.15) is 16.1 Å². The lowest BCUT2D eigenvalue weighted by atomic mass is 10.1. The maximum atomic E-state index is 12.5. The molecule has 3 aromatic carbocycles. The van der Waals surface area contributed by atoms with Gasteiger partial charge in [0.05, 0.1) is 6.54 Å². The van der Waals surface area contributed by atoms with E-state index in [-0.39, 0.29) is 12.5 Å². The maximum absolute atomic E-state index is 12.5. The van der Waals surface area contributed by atoms with Crippen molar-refractivity contribution in [2.24, 2.45) is 0 Å². The van der Waals surface area contributed by atoms with Crippen LogP contribution in [-0.4, -0.2) is 24.3 Å². The van der Waals surface area contributed by atoms with Crippen LogP contribution in [0.5, 0.6) is 11.5 Å². The number of benzene rings is 3. The molecule has 0 radical (unpaired) electrons. The highest BCUT2D eigenvalue weighted by atomic mass is 16.6. The summed E-state index contributed by atoms with van der Waals surface area (Å²) in [6.07, 6.45) is 0. The minimum Gasteiger partial charge on any atom is -0.486 e. The summed E-state index contributed by atoms with van der Waals surface area (Å²) in [6, 6.07) is 21.0. The van der Waals surface area contributed by atoms with E-state index in [0.29, 0.717) is 36.0 Å². The molecule has 6 heteroatoms. The van der Waals surface area contributed by atoms with E-state index in [2.05, 4.69) is 10.5 Å². The molecule has 2 heterocycles. The first-order valence-corrected chi connectivity index (χ1v) is 9.39. The van der Waals surface area contributed by atoms with Crippen LogP contribution in [0.25, 0.3) is 22.1 Å². The molecule has 0 spiro atoms. The van der Waals surface area contributed by atoms with E-state index < -0.39 is 0 Å². The Hall–Kier alpha value is -3.80. The zero-order valence-electron chi connectivity index (χ0n) is 15.6. The van der Waals surface area contributed by atoms with Gasteiger partial charge in [-0.1, -0.05) is 35.5 Å². The molecule has 0 saturated carbocycles. The molecule has 0 atom stereocenters. The first-order valence-electron chi connectivity index (χ1n) is 9.39. The zero-order chi connectivity index (χ0) is 19.6. The third-order valence-corrected chi connectivity index (χ3v) is 4.83. The first kappa shape index (κ1) is 17.3. The number of nitrogens with one attached hydrogen (secondary N) is 1. The topological polar surface area (TPSA) is 73.6 Å². The summed E-state index contributed by atoms with van der Waals surface area (Å²) >= 11 is 0. The van der Waals surface area contributed by atoms with Crippen molar-refractivity contribution >= 4 is 16.7 Å². The van der Waals surface area contributed by atoms with Gasteiger partial charge in [-0.05, 0) is 41.1 Å². The van der Waals surface area contributed by atoms with Gasteiger partial charge in [-0.2, -0.15) is 0 Å². The van der Waals surface area contributed by atoms with Crippen LogP contribution in [-0.2, 0) is 6.54 Å². The summed E-state index contributed by atoms with van der Waals surface area (Å²) in [6.45, 7) is 1.36. The Morgan fingerprint density at radius 1 is 0.897 bits per heavy atom. The lowest BCUT2D eigenvalue weighted by molar-refractivity contribution is 0.0950. The maximum Gasteiger partial charge on any atom is 0.251 e. The SMILES string of the molecule is O=C(NCc1cc(-c2ccc3c(c2)OCCO3)on1)c1ccc2ccccc2c1. The fourth-order valence-electron chi connectivity index (χ4n) is 3.33. The third-order valence-electron chi connectivity index (χ3n) is 4.83. The summed E-state index contributed by atoms with van der Waals surface area (Å²) in [7, 11) is 0. The molecule has 0 unspecified atom stereocenters. The number of rotatable bonds is 4. The smallest absolute Gasteiger partial charge is 0.251 e. The standard InChI is InChI=1S/C23H18N2O4/c26-23(18-6-5-15-3-1-2-4-16(15)11-18)24-14-19-13-21(29-25-19)17-7-8-20-22(12-17)28-10-9-27-20/h1-8,11-13H,9-10,14H2,(H,24,26). The average Bonchev–Trinajstić information content (AvgIpc) is 3.26. The molecule has 0 bridgehead atoms. The summed E-state index contributed by atoms with van der Waals surface area (Å²) in [5.74, 6) is 1.87. The second kappa shape index (κ2) is 7.31. The fraction of sp³-hybridized carbons (Fsp3) is 0.130. The van der Waals surface area contributed by atoms with E-state index in [9.17, 15) is 4.79 Å². The van der Waals surface area contributed by atoms with Crippen LogP contribution >= 0.6 is 0 Å². The van der Waals surface area contributed by atoms with Crippen LogP contribution in [0.4, 0.5) is 0 Å². The molecule has 4 aromatic rings. The molecule has 6 nitrogen and oxygen atoms in total. The summed E-state index contributed by atoms with van der Waals surface area (Å²) < 4.78 is 16.6. The molecular weight excluding hydrogens is 368 g/mol. The van der Waals surface area contributed by atoms with Crippen LogP contribution < -0.4 is 14.8 Å². The van der Waals surface area contributed by atoms with Crippen molar-refractivity contribution in [2.45, 2.75) is 6.54 Å². The number of hydrogen-bond donors (Lipinski definition) is 1. The average molecular weight is 386 g/mol. The Kier molecular flexibility index (Phi) is 4.37. The summed E-state index contributed by atoms with van der Waals surface area (Å²) in [5, 5.41) is 9.08. The second-order valence-corrected chi connectivity index (χ2v) is 6.79. The van der Waals surface area contributed by atoms with Crippen molar-refractivity contribution < 1.29 is 18.8 Å². The molecule has 1 aliphatic rings. The first-order chi connectivity index (χ1) is 14.3. The van der Waals surface area contributed by atoms with E-state index in [1.165, 1.54) is 0 Å². The van der Waals surface area contributed by atoms with Gasteiger partial charge >= 0.3 is 0 Å². The lowest BCUT2D eigenvalue weighted by Crippen LogP contribution is -2.22. The van der Waals surface area contributed by atoms with E-state index >= 15 is 0 Å². The Labute approximate surface area is 167 Å². The molecule has 1 aliphatic heterocycles. The van der Waals surface area contributed by atoms with Crippen molar-refractivity contribution in [3.8, 4) is 22.8 Å². The van der Waals surface area contributed by atoms with Gasteiger partial charge in [-0.25, -0.2) is 0 Å². The highest BCUT2D eigenvalue weighted by molar-refractivity contribution is 5.98. The largest absolute Gasteiger partial charge is 0.486 e. The van der Waals surface area contributed by atoms with Crippen molar-refractivity contribution in [1.82, 2.24) is 10.5 Å². The van der Waals surface area contributed by atoms with Crippen LogP contribution in [0.3, 0.4) is 0 Å². The van der Waals surface area contributed by atoms with Gasteiger partial charge < -0.3 is 19.3 Å². The molecule has 1 aromatic heterocycles. The van der Waals surface area contributed by atoms with Gasteiger partial charge in [-0.3, -0.25) is 4.79 Å².